The van der Waals surface area contributed by atoms with Crippen LogP contribution in [0.4, 0.5) is 5.69 Å². The van der Waals surface area contributed by atoms with Gasteiger partial charge in [-0.3, -0.25) is 9.20 Å². The molecule has 4 aromatic rings. The number of nitrogens with one attached hydrogen (secondary N) is 1. The molecule has 0 unspecified atom stereocenters. The molecule has 3 aromatic heterocycles. The second-order valence-electron chi connectivity index (χ2n) is 5.23. The average Bonchev–Trinajstić information content (AvgIpc) is 3.25. The van der Waals surface area contributed by atoms with Gasteiger partial charge in [-0.2, -0.15) is 0 Å². The average molecular weight is 373 g/mol. The Labute approximate surface area is 152 Å². The van der Waals surface area contributed by atoms with E-state index in [1.54, 1.807) is 47.1 Å². The van der Waals surface area contributed by atoms with Crippen molar-refractivity contribution in [1.29, 1.82) is 0 Å². The van der Waals surface area contributed by atoms with Crippen LogP contribution in [0.5, 0.6) is 0 Å². The molecule has 0 radical (unpaired) electrons. The summed E-state index contributed by atoms with van der Waals surface area (Å²) < 4.78 is 6.79. The Hall–Kier alpha value is -2.83. The first kappa shape index (κ1) is 15.7. The van der Waals surface area contributed by atoms with Gasteiger partial charge in [0, 0.05) is 23.6 Å². The van der Waals surface area contributed by atoms with Gasteiger partial charge in [0.1, 0.15) is 0 Å². The molecule has 8 heteroatoms. The molecule has 6 nitrogen and oxygen atoms in total. The second kappa shape index (κ2) is 6.23. The highest BCUT2D eigenvalue weighted by molar-refractivity contribution is 6.33. The molecule has 1 N–H and O–H groups in total. The van der Waals surface area contributed by atoms with Crippen molar-refractivity contribution in [2.45, 2.75) is 0 Å². The number of hydrogen-bond donors (Lipinski definition) is 1. The third kappa shape index (κ3) is 3.09. The number of aromatic nitrogens is 3. The molecule has 1 aromatic carbocycles. The van der Waals surface area contributed by atoms with E-state index in [0.717, 1.165) is 0 Å². The van der Waals surface area contributed by atoms with Crippen molar-refractivity contribution in [3.63, 3.8) is 0 Å². The van der Waals surface area contributed by atoms with E-state index in [1.807, 2.05) is 0 Å². The first-order valence-corrected chi connectivity index (χ1v) is 8.01. The summed E-state index contributed by atoms with van der Waals surface area (Å²) in [4.78, 5) is 20.7. The summed E-state index contributed by atoms with van der Waals surface area (Å²) in [6, 6.07) is 8.38. The molecule has 0 saturated carbocycles. The second-order valence-corrected chi connectivity index (χ2v) is 6.08. The predicted molar refractivity (Wildman–Crippen MR) is 95.1 cm³/mol. The van der Waals surface area contributed by atoms with Crippen molar-refractivity contribution in [3.8, 4) is 11.3 Å². The molecule has 0 saturated heterocycles. The standard InChI is InChI=1S/C17H10Cl2N4O2/c18-10-7-20-17-22-14(9-23(17)8-10)12-6-11(3-4-13(12)19)21-16(24)15-2-1-5-25-15/h1-9H,(H,21,24). The fourth-order valence-corrected chi connectivity index (χ4v) is 2.76. The zero-order valence-electron chi connectivity index (χ0n) is 12.6. The lowest BCUT2D eigenvalue weighted by molar-refractivity contribution is 0.0996. The molecular formula is C17H10Cl2N4O2. The molecule has 3 heterocycles. The maximum Gasteiger partial charge on any atom is 0.291 e. The lowest BCUT2D eigenvalue weighted by atomic mass is 10.1. The number of nitrogens with zero attached hydrogens (tertiary/aromatic N) is 3. The number of rotatable bonds is 3. The first-order valence-electron chi connectivity index (χ1n) is 7.25. The number of amides is 1. The lowest BCUT2D eigenvalue weighted by Gasteiger charge is -2.06. The van der Waals surface area contributed by atoms with Gasteiger partial charge in [-0.1, -0.05) is 23.2 Å². The van der Waals surface area contributed by atoms with Gasteiger partial charge in [0.25, 0.3) is 5.91 Å². The van der Waals surface area contributed by atoms with E-state index in [-0.39, 0.29) is 11.7 Å². The summed E-state index contributed by atoms with van der Waals surface area (Å²) >= 11 is 12.2. The molecule has 0 fully saturated rings. The normalized spacial score (nSPS) is 11.0. The minimum absolute atomic E-state index is 0.225. The summed E-state index contributed by atoms with van der Waals surface area (Å²) in [5.74, 6) is 0.380. The quantitative estimate of drug-likeness (QED) is 0.572. The van der Waals surface area contributed by atoms with Crippen LogP contribution in [0.1, 0.15) is 10.6 Å². The van der Waals surface area contributed by atoms with Gasteiger partial charge >= 0.3 is 0 Å². The van der Waals surface area contributed by atoms with Crippen molar-refractivity contribution in [1.82, 2.24) is 14.4 Å². The van der Waals surface area contributed by atoms with Crippen molar-refractivity contribution >= 4 is 40.6 Å². The Morgan fingerprint density at radius 1 is 1.20 bits per heavy atom. The highest BCUT2D eigenvalue weighted by Gasteiger charge is 2.13. The van der Waals surface area contributed by atoms with Crippen LogP contribution in [0.15, 0.2) is 59.6 Å². The van der Waals surface area contributed by atoms with E-state index in [0.29, 0.717) is 32.8 Å². The number of carbonyl (C=O) groups is 1. The number of hydrogen-bond acceptors (Lipinski definition) is 4. The van der Waals surface area contributed by atoms with Crippen LogP contribution in [-0.2, 0) is 0 Å². The lowest BCUT2D eigenvalue weighted by Crippen LogP contribution is -2.10. The largest absolute Gasteiger partial charge is 0.459 e. The highest BCUT2D eigenvalue weighted by Crippen LogP contribution is 2.30. The van der Waals surface area contributed by atoms with Crippen LogP contribution < -0.4 is 5.32 Å². The van der Waals surface area contributed by atoms with Crippen molar-refractivity contribution < 1.29 is 9.21 Å². The van der Waals surface area contributed by atoms with E-state index in [2.05, 4.69) is 15.3 Å². The Morgan fingerprint density at radius 2 is 2.08 bits per heavy atom. The summed E-state index contributed by atoms with van der Waals surface area (Å²) in [6.45, 7) is 0. The van der Waals surface area contributed by atoms with Gasteiger partial charge in [0.15, 0.2) is 5.76 Å². The molecule has 4 rings (SSSR count). The molecule has 0 atom stereocenters. The fraction of sp³-hybridized carbons (Fsp3) is 0. The molecule has 0 bridgehead atoms. The molecule has 25 heavy (non-hydrogen) atoms. The van der Waals surface area contributed by atoms with E-state index in [9.17, 15) is 4.79 Å². The number of carbonyl (C=O) groups excluding carboxylic acids is 1. The highest BCUT2D eigenvalue weighted by atomic mass is 35.5. The van der Waals surface area contributed by atoms with Crippen LogP contribution in [0, 0.1) is 0 Å². The summed E-state index contributed by atoms with van der Waals surface area (Å²) in [6.07, 6.45) is 6.44. The minimum atomic E-state index is -0.346. The van der Waals surface area contributed by atoms with Gasteiger partial charge in [-0.25, -0.2) is 9.97 Å². The monoisotopic (exact) mass is 372 g/mol. The fourth-order valence-electron chi connectivity index (χ4n) is 2.39. The zero-order valence-corrected chi connectivity index (χ0v) is 14.1. The summed E-state index contributed by atoms with van der Waals surface area (Å²) in [7, 11) is 0. The number of furan rings is 1. The van der Waals surface area contributed by atoms with E-state index < -0.39 is 0 Å². The molecule has 0 aliphatic heterocycles. The molecule has 1 amide bonds. The number of imidazole rings is 1. The third-order valence-electron chi connectivity index (χ3n) is 3.52. The number of benzene rings is 1. The Kier molecular flexibility index (Phi) is 3.91. The molecular weight excluding hydrogens is 363 g/mol. The van der Waals surface area contributed by atoms with Gasteiger partial charge in [-0.05, 0) is 30.3 Å². The zero-order chi connectivity index (χ0) is 17.4. The van der Waals surface area contributed by atoms with Crippen LogP contribution in [0.2, 0.25) is 10.0 Å². The Bertz CT molecular complexity index is 1070. The number of fused-ring (bicyclic) bond motifs is 1. The molecule has 0 aliphatic carbocycles. The molecule has 0 spiro atoms. The summed E-state index contributed by atoms with van der Waals surface area (Å²) in [5, 5.41) is 3.77. The van der Waals surface area contributed by atoms with E-state index in [1.165, 1.54) is 12.5 Å². The van der Waals surface area contributed by atoms with Crippen LogP contribution in [0.25, 0.3) is 17.0 Å². The Balaban J connectivity index is 1.70. The smallest absolute Gasteiger partial charge is 0.291 e. The molecule has 0 aliphatic rings. The number of halogens is 2. The van der Waals surface area contributed by atoms with Crippen molar-refractivity contribution in [2.24, 2.45) is 0 Å². The van der Waals surface area contributed by atoms with E-state index in [4.69, 9.17) is 27.6 Å². The van der Waals surface area contributed by atoms with Gasteiger partial charge in [0.2, 0.25) is 5.78 Å². The van der Waals surface area contributed by atoms with Crippen molar-refractivity contribution in [2.75, 3.05) is 5.32 Å². The van der Waals surface area contributed by atoms with Crippen LogP contribution >= 0.6 is 23.2 Å². The topological polar surface area (TPSA) is 72.4 Å². The molecule has 124 valence electrons. The number of anilines is 1. The van der Waals surface area contributed by atoms with E-state index >= 15 is 0 Å². The minimum Gasteiger partial charge on any atom is -0.459 e. The van der Waals surface area contributed by atoms with Crippen molar-refractivity contribution in [3.05, 3.63) is 71.0 Å². The van der Waals surface area contributed by atoms with Crippen LogP contribution in [-0.4, -0.2) is 20.3 Å². The predicted octanol–water partition coefficient (Wildman–Crippen LogP) is 4.55. The SMILES string of the molecule is O=C(Nc1ccc(Cl)c(-c2cn3cc(Cl)cnc3n2)c1)c1ccco1. The van der Waals surface area contributed by atoms with Gasteiger partial charge in [-0.15, -0.1) is 0 Å². The first-order chi connectivity index (χ1) is 12.1. The van der Waals surface area contributed by atoms with Gasteiger partial charge in [0.05, 0.1) is 28.2 Å². The maximum absolute atomic E-state index is 12.1. The third-order valence-corrected chi connectivity index (χ3v) is 4.05. The summed E-state index contributed by atoms with van der Waals surface area (Å²) in [5.41, 5.74) is 1.86. The van der Waals surface area contributed by atoms with Gasteiger partial charge < -0.3 is 9.73 Å². The Morgan fingerprint density at radius 3 is 2.88 bits per heavy atom. The maximum atomic E-state index is 12.1. The van der Waals surface area contributed by atoms with Crippen LogP contribution in [0.3, 0.4) is 0 Å².